The number of H-pyrrole nitrogens is 1. The lowest BCUT2D eigenvalue weighted by molar-refractivity contribution is 0.871. The van der Waals surface area contributed by atoms with Gasteiger partial charge in [-0.15, -0.1) is 0 Å². The third kappa shape index (κ3) is 3.22. The van der Waals surface area contributed by atoms with E-state index in [1.807, 2.05) is 31.2 Å². The minimum Gasteiger partial charge on any atom is -0.250 e. The number of rotatable bonds is 3. The van der Waals surface area contributed by atoms with Crippen LogP contribution >= 0.6 is 35.4 Å². The summed E-state index contributed by atoms with van der Waals surface area (Å²) in [6.45, 7) is 2.01. The Hall–Kier alpha value is -1.95. The van der Waals surface area contributed by atoms with Gasteiger partial charge in [0.2, 0.25) is 4.77 Å². The van der Waals surface area contributed by atoms with E-state index in [0.717, 1.165) is 11.1 Å². The predicted octanol–water partition coefficient (Wildman–Crippen LogP) is 5.11. The standard InChI is InChI=1S/C16H12Cl2N4S/c1-10-5-2-3-6-11(10)15-20-21-16(23)22(15)19-9-12-13(17)7-4-8-14(12)18/h2-9H,1H3,(H,21,23)/b19-9-. The average molecular weight is 363 g/mol. The van der Waals surface area contributed by atoms with Gasteiger partial charge in [0, 0.05) is 11.1 Å². The van der Waals surface area contributed by atoms with E-state index in [0.29, 0.717) is 26.2 Å². The van der Waals surface area contributed by atoms with E-state index >= 15 is 0 Å². The number of aryl methyl sites for hydroxylation is 1. The van der Waals surface area contributed by atoms with Crippen molar-refractivity contribution in [3.05, 3.63) is 68.4 Å². The van der Waals surface area contributed by atoms with Gasteiger partial charge in [-0.2, -0.15) is 14.9 Å². The highest BCUT2D eigenvalue weighted by atomic mass is 35.5. The Kier molecular flexibility index (Phi) is 4.61. The predicted molar refractivity (Wildman–Crippen MR) is 97.0 cm³/mol. The number of aromatic nitrogens is 3. The largest absolute Gasteiger partial charge is 0.250 e. The number of hydrogen-bond acceptors (Lipinski definition) is 3. The molecule has 0 saturated carbocycles. The van der Waals surface area contributed by atoms with Gasteiger partial charge >= 0.3 is 0 Å². The second kappa shape index (κ2) is 6.66. The molecule has 0 aliphatic carbocycles. The first-order valence-electron chi connectivity index (χ1n) is 6.79. The van der Waals surface area contributed by atoms with E-state index < -0.39 is 0 Å². The molecule has 3 aromatic rings. The number of aromatic amines is 1. The molecule has 0 bridgehead atoms. The third-order valence-corrected chi connectivity index (χ3v) is 4.26. The van der Waals surface area contributed by atoms with Gasteiger partial charge in [0.1, 0.15) is 0 Å². The van der Waals surface area contributed by atoms with Crippen molar-refractivity contribution in [2.24, 2.45) is 5.10 Å². The summed E-state index contributed by atoms with van der Waals surface area (Å²) in [5, 5.41) is 12.5. The van der Waals surface area contributed by atoms with Gasteiger partial charge < -0.3 is 0 Å². The lowest BCUT2D eigenvalue weighted by Crippen LogP contribution is -1.97. The maximum absolute atomic E-state index is 6.16. The molecule has 0 spiro atoms. The van der Waals surface area contributed by atoms with E-state index in [1.165, 1.54) is 0 Å². The molecule has 3 rings (SSSR count). The van der Waals surface area contributed by atoms with Crippen LogP contribution in [0.25, 0.3) is 11.4 Å². The molecule has 1 heterocycles. The van der Waals surface area contributed by atoms with Crippen molar-refractivity contribution in [2.75, 3.05) is 0 Å². The van der Waals surface area contributed by atoms with Crippen molar-refractivity contribution in [1.29, 1.82) is 0 Å². The Morgan fingerprint density at radius 3 is 2.52 bits per heavy atom. The van der Waals surface area contributed by atoms with Crippen molar-refractivity contribution in [3.63, 3.8) is 0 Å². The quantitative estimate of drug-likeness (QED) is 0.520. The fourth-order valence-electron chi connectivity index (χ4n) is 2.15. The van der Waals surface area contributed by atoms with Crippen LogP contribution in [-0.4, -0.2) is 21.1 Å². The molecule has 0 aliphatic rings. The molecule has 7 heteroatoms. The van der Waals surface area contributed by atoms with Crippen molar-refractivity contribution in [3.8, 4) is 11.4 Å². The number of halogens is 2. The molecule has 2 aromatic carbocycles. The molecule has 0 saturated heterocycles. The molecule has 0 unspecified atom stereocenters. The van der Waals surface area contributed by atoms with Gasteiger partial charge in [-0.1, -0.05) is 53.5 Å². The maximum atomic E-state index is 6.16. The molecule has 1 aromatic heterocycles. The number of nitrogens with one attached hydrogen (secondary N) is 1. The minimum absolute atomic E-state index is 0.391. The summed E-state index contributed by atoms with van der Waals surface area (Å²) in [5.74, 6) is 0.632. The summed E-state index contributed by atoms with van der Waals surface area (Å²) in [6.07, 6.45) is 1.58. The first kappa shape index (κ1) is 15.9. The van der Waals surface area contributed by atoms with Gasteiger partial charge in [-0.05, 0) is 36.8 Å². The first-order valence-corrected chi connectivity index (χ1v) is 7.96. The zero-order chi connectivity index (χ0) is 16.4. The van der Waals surface area contributed by atoms with Gasteiger partial charge in [-0.25, -0.2) is 5.10 Å². The molecule has 0 radical (unpaired) electrons. The summed E-state index contributed by atoms with van der Waals surface area (Å²) >= 11 is 17.6. The Bertz CT molecular complexity index is 923. The molecule has 0 fully saturated rings. The molecule has 0 atom stereocenters. The molecule has 4 nitrogen and oxygen atoms in total. The van der Waals surface area contributed by atoms with Crippen LogP contribution < -0.4 is 0 Å². The van der Waals surface area contributed by atoms with Crippen molar-refractivity contribution >= 4 is 41.6 Å². The van der Waals surface area contributed by atoms with E-state index in [2.05, 4.69) is 15.3 Å². The first-order chi connectivity index (χ1) is 11.1. The normalized spacial score (nSPS) is 11.3. The monoisotopic (exact) mass is 362 g/mol. The Balaban J connectivity index is 2.09. The maximum Gasteiger partial charge on any atom is 0.216 e. The van der Waals surface area contributed by atoms with E-state index in [1.54, 1.807) is 29.1 Å². The van der Waals surface area contributed by atoms with Crippen LogP contribution in [0.2, 0.25) is 10.0 Å². The van der Waals surface area contributed by atoms with Gasteiger partial charge in [0.05, 0.1) is 16.3 Å². The third-order valence-electron chi connectivity index (χ3n) is 3.34. The molecule has 0 amide bonds. The van der Waals surface area contributed by atoms with Crippen molar-refractivity contribution in [1.82, 2.24) is 14.9 Å². The summed E-state index contributed by atoms with van der Waals surface area (Å²) in [6, 6.07) is 13.2. The van der Waals surface area contributed by atoms with Crippen LogP contribution in [-0.2, 0) is 0 Å². The van der Waals surface area contributed by atoms with Crippen LogP contribution in [0.3, 0.4) is 0 Å². The van der Waals surface area contributed by atoms with Crippen LogP contribution in [0.15, 0.2) is 47.6 Å². The molecular weight excluding hydrogens is 351 g/mol. The zero-order valence-electron chi connectivity index (χ0n) is 12.1. The topological polar surface area (TPSA) is 46.0 Å². The number of nitrogens with zero attached hydrogens (tertiary/aromatic N) is 3. The Labute approximate surface area is 148 Å². The SMILES string of the molecule is Cc1ccccc1-c1n[nH]c(=S)n1/N=C\c1c(Cl)cccc1Cl. The Morgan fingerprint density at radius 2 is 1.83 bits per heavy atom. The van der Waals surface area contributed by atoms with Crippen molar-refractivity contribution < 1.29 is 0 Å². The molecule has 1 N–H and O–H groups in total. The lowest BCUT2D eigenvalue weighted by Gasteiger charge is -2.05. The van der Waals surface area contributed by atoms with Crippen LogP contribution in [0.1, 0.15) is 11.1 Å². The van der Waals surface area contributed by atoms with Crippen molar-refractivity contribution in [2.45, 2.75) is 6.92 Å². The number of benzene rings is 2. The second-order valence-corrected chi connectivity index (χ2v) is 6.06. The molecule has 0 aliphatic heterocycles. The lowest BCUT2D eigenvalue weighted by atomic mass is 10.1. The van der Waals surface area contributed by atoms with Crippen LogP contribution in [0.5, 0.6) is 0 Å². The fourth-order valence-corrected chi connectivity index (χ4v) is 2.82. The second-order valence-electron chi connectivity index (χ2n) is 4.86. The summed E-state index contributed by atoms with van der Waals surface area (Å²) < 4.78 is 1.94. The van der Waals surface area contributed by atoms with E-state index in [9.17, 15) is 0 Å². The van der Waals surface area contributed by atoms with Gasteiger partial charge in [0.25, 0.3) is 0 Å². The molecule has 23 heavy (non-hydrogen) atoms. The van der Waals surface area contributed by atoms with Gasteiger partial charge in [-0.3, -0.25) is 0 Å². The van der Waals surface area contributed by atoms with E-state index in [-0.39, 0.29) is 0 Å². The Morgan fingerprint density at radius 1 is 1.13 bits per heavy atom. The summed E-state index contributed by atoms with van der Waals surface area (Å²) in [5.41, 5.74) is 2.66. The summed E-state index contributed by atoms with van der Waals surface area (Å²) in [7, 11) is 0. The fraction of sp³-hybridized carbons (Fsp3) is 0.0625. The highest BCUT2D eigenvalue weighted by Crippen LogP contribution is 2.24. The minimum atomic E-state index is 0.391. The summed E-state index contributed by atoms with van der Waals surface area (Å²) in [4.78, 5) is 0. The molecule has 116 valence electrons. The van der Waals surface area contributed by atoms with Crippen LogP contribution in [0, 0.1) is 11.7 Å². The highest BCUT2D eigenvalue weighted by molar-refractivity contribution is 7.71. The smallest absolute Gasteiger partial charge is 0.216 e. The van der Waals surface area contributed by atoms with Gasteiger partial charge in [0.15, 0.2) is 5.82 Å². The molecular formula is C16H12Cl2N4S. The van der Waals surface area contributed by atoms with E-state index in [4.69, 9.17) is 35.4 Å². The number of hydrogen-bond donors (Lipinski definition) is 1. The zero-order valence-corrected chi connectivity index (χ0v) is 14.5. The average Bonchev–Trinajstić information content (AvgIpc) is 2.88. The highest BCUT2D eigenvalue weighted by Gasteiger charge is 2.10. The van der Waals surface area contributed by atoms with Crippen LogP contribution in [0.4, 0.5) is 0 Å².